The summed E-state index contributed by atoms with van der Waals surface area (Å²) in [6.07, 6.45) is 5.67. The van der Waals surface area contributed by atoms with E-state index >= 15 is 0 Å². The van der Waals surface area contributed by atoms with Crippen molar-refractivity contribution in [1.29, 1.82) is 0 Å². The van der Waals surface area contributed by atoms with E-state index in [1.54, 1.807) is 7.11 Å². The number of amides is 1. The number of aliphatic hydroxyl groups is 1. The zero-order chi connectivity index (χ0) is 19.7. The third kappa shape index (κ3) is 3.17. The normalized spacial score (nSPS) is 23.2. The molecular weight excluding hydrogens is 356 g/mol. The molecule has 2 aromatic rings. The maximum atomic E-state index is 13.3. The number of carbonyl (C=O) groups excluding carboxylic acids is 1. The first-order valence-electron chi connectivity index (χ1n) is 10.0. The molecular formula is C21H28N4O3. The van der Waals surface area contributed by atoms with Crippen LogP contribution in [0.3, 0.4) is 0 Å². The standard InChI is InChI=1S/C21H28N4O3/c1-25-18(13-26)23-24-19(25)14-11-16(12-14)22-20(27)21(9-3-4-10-21)15-5-7-17(28-2)8-6-15/h5-8,14,16,26H,3-4,9-13H2,1-2H3,(H,22,27). The maximum Gasteiger partial charge on any atom is 0.230 e. The fourth-order valence-electron chi connectivity index (χ4n) is 4.67. The molecule has 7 nitrogen and oxygen atoms in total. The van der Waals surface area contributed by atoms with Gasteiger partial charge in [0.15, 0.2) is 5.82 Å². The molecule has 0 atom stereocenters. The topological polar surface area (TPSA) is 89.3 Å². The first kappa shape index (κ1) is 18.9. The monoisotopic (exact) mass is 384 g/mol. The highest BCUT2D eigenvalue weighted by Gasteiger charge is 2.45. The zero-order valence-corrected chi connectivity index (χ0v) is 16.5. The first-order chi connectivity index (χ1) is 13.6. The van der Waals surface area contributed by atoms with Gasteiger partial charge in [0.05, 0.1) is 12.5 Å². The van der Waals surface area contributed by atoms with Gasteiger partial charge in [-0.3, -0.25) is 4.79 Å². The predicted molar refractivity (Wildman–Crippen MR) is 104 cm³/mol. The van der Waals surface area contributed by atoms with Gasteiger partial charge >= 0.3 is 0 Å². The SMILES string of the molecule is COc1ccc(C2(C(=O)NC3CC(c4nnc(CO)n4C)C3)CCCC2)cc1. The van der Waals surface area contributed by atoms with E-state index < -0.39 is 5.41 Å². The van der Waals surface area contributed by atoms with E-state index in [4.69, 9.17) is 4.74 Å². The van der Waals surface area contributed by atoms with Crippen molar-refractivity contribution in [3.63, 3.8) is 0 Å². The largest absolute Gasteiger partial charge is 0.497 e. The Morgan fingerprint density at radius 2 is 1.93 bits per heavy atom. The van der Waals surface area contributed by atoms with E-state index in [0.29, 0.717) is 5.82 Å². The van der Waals surface area contributed by atoms with Crippen molar-refractivity contribution in [1.82, 2.24) is 20.1 Å². The van der Waals surface area contributed by atoms with Gasteiger partial charge in [-0.05, 0) is 43.4 Å². The van der Waals surface area contributed by atoms with E-state index in [-0.39, 0.29) is 24.5 Å². The van der Waals surface area contributed by atoms with Crippen molar-refractivity contribution in [2.45, 2.75) is 62.5 Å². The molecule has 2 fully saturated rings. The van der Waals surface area contributed by atoms with Crippen LogP contribution in [0.1, 0.15) is 61.7 Å². The third-order valence-corrected chi connectivity index (χ3v) is 6.51. The van der Waals surface area contributed by atoms with Crippen LogP contribution in [0.25, 0.3) is 0 Å². The van der Waals surface area contributed by atoms with Crippen LogP contribution >= 0.6 is 0 Å². The van der Waals surface area contributed by atoms with Gasteiger partial charge in [0.2, 0.25) is 5.91 Å². The van der Waals surface area contributed by atoms with Crippen LogP contribution in [0.2, 0.25) is 0 Å². The Morgan fingerprint density at radius 3 is 2.50 bits per heavy atom. The molecule has 0 radical (unpaired) electrons. The number of aliphatic hydroxyl groups excluding tert-OH is 1. The lowest BCUT2D eigenvalue weighted by Crippen LogP contribution is -2.51. The molecule has 0 saturated heterocycles. The minimum atomic E-state index is -0.424. The van der Waals surface area contributed by atoms with Gasteiger partial charge < -0.3 is 19.7 Å². The van der Waals surface area contributed by atoms with Gasteiger partial charge in [-0.1, -0.05) is 25.0 Å². The van der Waals surface area contributed by atoms with Crippen LogP contribution in [0, 0.1) is 0 Å². The van der Waals surface area contributed by atoms with Crippen molar-refractivity contribution in [2.75, 3.05) is 7.11 Å². The quantitative estimate of drug-likeness (QED) is 0.797. The maximum absolute atomic E-state index is 13.3. The third-order valence-electron chi connectivity index (χ3n) is 6.51. The average molecular weight is 384 g/mol. The second-order valence-corrected chi connectivity index (χ2v) is 8.05. The lowest BCUT2D eigenvalue weighted by molar-refractivity contribution is -0.128. The fourth-order valence-corrected chi connectivity index (χ4v) is 4.67. The van der Waals surface area contributed by atoms with Gasteiger partial charge in [0.25, 0.3) is 0 Å². The van der Waals surface area contributed by atoms with Crippen molar-refractivity contribution in [3.8, 4) is 5.75 Å². The summed E-state index contributed by atoms with van der Waals surface area (Å²) in [6, 6.07) is 8.11. The minimum absolute atomic E-state index is 0.110. The van der Waals surface area contributed by atoms with E-state index in [9.17, 15) is 9.90 Å². The molecule has 0 bridgehead atoms. The number of aromatic nitrogens is 3. The molecule has 2 saturated carbocycles. The minimum Gasteiger partial charge on any atom is -0.497 e. The number of hydrogen-bond donors (Lipinski definition) is 2. The molecule has 0 spiro atoms. The lowest BCUT2D eigenvalue weighted by atomic mass is 9.75. The number of ether oxygens (including phenoxy) is 1. The highest BCUT2D eigenvalue weighted by Crippen LogP contribution is 2.43. The van der Waals surface area contributed by atoms with Crippen LogP contribution in [0.5, 0.6) is 5.75 Å². The summed E-state index contributed by atoms with van der Waals surface area (Å²) < 4.78 is 7.12. The summed E-state index contributed by atoms with van der Waals surface area (Å²) in [5, 5.41) is 20.8. The van der Waals surface area contributed by atoms with E-state index in [2.05, 4.69) is 15.5 Å². The summed E-state index contributed by atoms with van der Waals surface area (Å²) in [6.45, 7) is -0.110. The van der Waals surface area contributed by atoms with E-state index in [1.165, 1.54) is 0 Å². The molecule has 7 heteroatoms. The van der Waals surface area contributed by atoms with Crippen molar-refractivity contribution in [2.24, 2.45) is 7.05 Å². The van der Waals surface area contributed by atoms with Crippen LogP contribution in [-0.2, 0) is 23.9 Å². The van der Waals surface area contributed by atoms with E-state index in [1.807, 2.05) is 35.9 Å². The Balaban J connectivity index is 1.42. The Bertz CT molecular complexity index is 834. The molecule has 150 valence electrons. The summed E-state index contributed by atoms with van der Waals surface area (Å²) in [5.41, 5.74) is 0.659. The van der Waals surface area contributed by atoms with Crippen LogP contribution in [0.15, 0.2) is 24.3 Å². The number of hydrogen-bond acceptors (Lipinski definition) is 5. The average Bonchev–Trinajstić information content (AvgIpc) is 3.32. The van der Waals surface area contributed by atoms with Gasteiger partial charge in [0, 0.05) is 19.0 Å². The number of nitrogens with one attached hydrogen (secondary N) is 1. The molecule has 4 rings (SSSR count). The molecule has 0 unspecified atom stereocenters. The number of rotatable bonds is 6. The Labute approximate surface area is 165 Å². The zero-order valence-electron chi connectivity index (χ0n) is 16.5. The molecule has 2 aliphatic rings. The fraction of sp³-hybridized carbons (Fsp3) is 0.571. The Hall–Kier alpha value is -2.41. The summed E-state index contributed by atoms with van der Waals surface area (Å²) in [5.74, 6) is 2.70. The van der Waals surface area contributed by atoms with Crippen LogP contribution in [0.4, 0.5) is 0 Å². The summed E-state index contributed by atoms with van der Waals surface area (Å²) in [7, 11) is 3.53. The molecule has 2 aliphatic carbocycles. The van der Waals surface area contributed by atoms with Gasteiger partial charge in [-0.25, -0.2) is 0 Å². The molecule has 2 N–H and O–H groups in total. The van der Waals surface area contributed by atoms with E-state index in [0.717, 1.165) is 55.7 Å². The van der Waals surface area contributed by atoms with Crippen molar-refractivity contribution >= 4 is 5.91 Å². The molecule has 28 heavy (non-hydrogen) atoms. The Kier molecular flexibility index (Phi) is 5.10. The highest BCUT2D eigenvalue weighted by molar-refractivity contribution is 5.89. The lowest BCUT2D eigenvalue weighted by Gasteiger charge is -2.38. The van der Waals surface area contributed by atoms with Gasteiger partial charge in [-0.2, -0.15) is 0 Å². The van der Waals surface area contributed by atoms with Gasteiger partial charge in [-0.15, -0.1) is 10.2 Å². The molecule has 1 aromatic heterocycles. The predicted octanol–water partition coefficient (Wildman–Crippen LogP) is 2.19. The molecule has 0 aliphatic heterocycles. The molecule has 1 amide bonds. The van der Waals surface area contributed by atoms with Crippen LogP contribution < -0.4 is 10.1 Å². The van der Waals surface area contributed by atoms with Crippen molar-refractivity contribution < 1.29 is 14.6 Å². The first-order valence-corrected chi connectivity index (χ1v) is 10.0. The number of carbonyl (C=O) groups is 1. The second kappa shape index (κ2) is 7.54. The molecule has 1 heterocycles. The van der Waals surface area contributed by atoms with Crippen LogP contribution in [-0.4, -0.2) is 38.9 Å². The van der Waals surface area contributed by atoms with Crippen molar-refractivity contribution in [3.05, 3.63) is 41.5 Å². The Morgan fingerprint density at radius 1 is 1.25 bits per heavy atom. The molecule has 1 aromatic carbocycles. The second-order valence-electron chi connectivity index (χ2n) is 8.05. The smallest absolute Gasteiger partial charge is 0.230 e. The van der Waals surface area contributed by atoms with Gasteiger partial charge in [0.1, 0.15) is 18.2 Å². The summed E-state index contributed by atoms with van der Waals surface area (Å²) >= 11 is 0. The number of benzene rings is 1. The number of nitrogens with zero attached hydrogens (tertiary/aromatic N) is 3. The highest BCUT2D eigenvalue weighted by atomic mass is 16.5. The summed E-state index contributed by atoms with van der Waals surface area (Å²) in [4.78, 5) is 13.3. The number of methoxy groups -OCH3 is 1.